The van der Waals surface area contributed by atoms with Gasteiger partial charge in [0.05, 0.1) is 16.8 Å². The van der Waals surface area contributed by atoms with Crippen LogP contribution in [0.15, 0.2) is 42.5 Å². The van der Waals surface area contributed by atoms with Gasteiger partial charge in [-0.25, -0.2) is 0 Å². The largest absolute Gasteiger partial charge is 0.418 e. The third kappa shape index (κ3) is 3.66. The van der Waals surface area contributed by atoms with Crippen LogP contribution in [0, 0.1) is 3.57 Å². The Morgan fingerprint density at radius 3 is 2.43 bits per heavy atom. The number of hydrogen-bond acceptors (Lipinski definition) is 2. The van der Waals surface area contributed by atoms with Gasteiger partial charge in [-0.05, 0) is 52.9 Å². The van der Waals surface area contributed by atoms with E-state index in [1.54, 1.807) is 18.2 Å². The molecule has 0 aromatic heterocycles. The van der Waals surface area contributed by atoms with Crippen molar-refractivity contribution in [1.29, 1.82) is 0 Å². The van der Waals surface area contributed by atoms with Gasteiger partial charge in [0.25, 0.3) is 5.91 Å². The van der Waals surface area contributed by atoms with Gasteiger partial charge in [0.1, 0.15) is 0 Å². The lowest BCUT2D eigenvalue weighted by Crippen LogP contribution is -2.17. The number of benzene rings is 2. The van der Waals surface area contributed by atoms with E-state index in [-0.39, 0.29) is 5.56 Å². The number of anilines is 2. The first-order valence-corrected chi connectivity index (χ1v) is 6.89. The van der Waals surface area contributed by atoms with Crippen molar-refractivity contribution in [2.45, 2.75) is 6.18 Å². The molecule has 3 nitrogen and oxygen atoms in total. The van der Waals surface area contributed by atoms with Crippen molar-refractivity contribution in [2.75, 3.05) is 11.1 Å². The fraction of sp³-hybridized carbons (Fsp3) is 0.0714. The average Bonchev–Trinajstić information content (AvgIpc) is 2.37. The molecule has 0 unspecified atom stereocenters. The molecular formula is C14H10F3IN2O. The summed E-state index contributed by atoms with van der Waals surface area (Å²) in [5.41, 5.74) is 4.16. The SMILES string of the molecule is Nc1c(C(=O)Nc2cccc(I)c2)cccc1C(F)(F)F. The van der Waals surface area contributed by atoms with Gasteiger partial charge in [0, 0.05) is 9.26 Å². The summed E-state index contributed by atoms with van der Waals surface area (Å²) >= 11 is 2.06. The molecule has 2 aromatic carbocycles. The van der Waals surface area contributed by atoms with E-state index in [1.807, 2.05) is 6.07 Å². The van der Waals surface area contributed by atoms with Crippen molar-refractivity contribution >= 4 is 39.9 Å². The first-order chi connectivity index (χ1) is 9.79. The predicted octanol–water partition coefficient (Wildman–Crippen LogP) is 4.14. The lowest BCUT2D eigenvalue weighted by Gasteiger charge is -2.13. The number of hydrogen-bond donors (Lipinski definition) is 2. The minimum Gasteiger partial charge on any atom is -0.398 e. The van der Waals surface area contributed by atoms with Crippen molar-refractivity contribution < 1.29 is 18.0 Å². The third-order valence-corrected chi connectivity index (χ3v) is 3.41. The molecule has 21 heavy (non-hydrogen) atoms. The molecule has 110 valence electrons. The molecule has 2 rings (SSSR count). The normalized spacial score (nSPS) is 11.2. The molecule has 0 heterocycles. The highest BCUT2D eigenvalue weighted by Gasteiger charge is 2.34. The maximum Gasteiger partial charge on any atom is 0.418 e. The first-order valence-electron chi connectivity index (χ1n) is 5.81. The van der Waals surface area contributed by atoms with Gasteiger partial charge < -0.3 is 11.1 Å². The molecule has 0 atom stereocenters. The zero-order valence-corrected chi connectivity index (χ0v) is 12.7. The Hall–Kier alpha value is -1.77. The molecule has 0 radical (unpaired) electrons. The van der Waals surface area contributed by atoms with Crippen LogP contribution in [0.1, 0.15) is 15.9 Å². The van der Waals surface area contributed by atoms with Crippen LogP contribution in [0.25, 0.3) is 0 Å². The Morgan fingerprint density at radius 1 is 1.14 bits per heavy atom. The van der Waals surface area contributed by atoms with Crippen LogP contribution < -0.4 is 11.1 Å². The molecule has 2 aromatic rings. The number of carbonyl (C=O) groups is 1. The van der Waals surface area contributed by atoms with Crippen LogP contribution >= 0.6 is 22.6 Å². The van der Waals surface area contributed by atoms with E-state index in [4.69, 9.17) is 5.73 Å². The molecule has 0 spiro atoms. The predicted molar refractivity (Wildman–Crippen MR) is 83.0 cm³/mol. The fourth-order valence-corrected chi connectivity index (χ4v) is 2.32. The zero-order chi connectivity index (χ0) is 15.6. The molecule has 7 heteroatoms. The molecule has 0 aliphatic heterocycles. The summed E-state index contributed by atoms with van der Waals surface area (Å²) in [5.74, 6) is -0.680. The number of nitrogens with one attached hydrogen (secondary N) is 1. The summed E-state index contributed by atoms with van der Waals surface area (Å²) in [7, 11) is 0. The molecule has 0 aliphatic rings. The Bertz CT molecular complexity index is 686. The molecule has 0 fully saturated rings. The Morgan fingerprint density at radius 2 is 1.81 bits per heavy atom. The van der Waals surface area contributed by atoms with Gasteiger partial charge in [-0.1, -0.05) is 12.1 Å². The van der Waals surface area contributed by atoms with Crippen LogP contribution in [0.5, 0.6) is 0 Å². The number of carbonyl (C=O) groups excluding carboxylic acids is 1. The molecule has 0 bridgehead atoms. The number of nitrogens with two attached hydrogens (primary N) is 1. The summed E-state index contributed by atoms with van der Waals surface area (Å²) in [6.07, 6.45) is -4.59. The van der Waals surface area contributed by atoms with Gasteiger partial charge in [-0.2, -0.15) is 13.2 Å². The highest BCUT2D eigenvalue weighted by Crippen LogP contribution is 2.35. The summed E-state index contributed by atoms with van der Waals surface area (Å²) in [4.78, 5) is 12.1. The Labute approximate surface area is 132 Å². The molecular weight excluding hydrogens is 396 g/mol. The number of para-hydroxylation sites is 1. The van der Waals surface area contributed by atoms with Gasteiger partial charge in [0.2, 0.25) is 0 Å². The van der Waals surface area contributed by atoms with Crippen molar-refractivity contribution in [1.82, 2.24) is 0 Å². The van der Waals surface area contributed by atoms with E-state index in [9.17, 15) is 18.0 Å². The quantitative estimate of drug-likeness (QED) is 0.582. The summed E-state index contributed by atoms with van der Waals surface area (Å²) in [6.45, 7) is 0. The van der Waals surface area contributed by atoms with Crippen molar-refractivity contribution in [3.05, 3.63) is 57.2 Å². The van der Waals surface area contributed by atoms with Crippen LogP contribution in [0.2, 0.25) is 0 Å². The Balaban J connectivity index is 2.32. The van der Waals surface area contributed by atoms with Gasteiger partial charge >= 0.3 is 6.18 Å². The van der Waals surface area contributed by atoms with Gasteiger partial charge in [0.15, 0.2) is 0 Å². The van der Waals surface area contributed by atoms with E-state index in [2.05, 4.69) is 27.9 Å². The molecule has 0 aliphatic carbocycles. The number of rotatable bonds is 2. The van der Waals surface area contributed by atoms with E-state index >= 15 is 0 Å². The van der Waals surface area contributed by atoms with E-state index in [1.165, 1.54) is 6.07 Å². The topological polar surface area (TPSA) is 55.1 Å². The number of amides is 1. The van der Waals surface area contributed by atoms with Gasteiger partial charge in [-0.15, -0.1) is 0 Å². The summed E-state index contributed by atoms with van der Waals surface area (Å²) < 4.78 is 39.2. The second kappa shape index (κ2) is 5.92. The standard InChI is InChI=1S/C14H10F3IN2O/c15-14(16,17)11-6-2-5-10(12(11)19)13(21)20-9-4-1-3-8(18)7-9/h1-7H,19H2,(H,20,21). The van der Waals surface area contributed by atoms with Crippen LogP contribution in [0.3, 0.4) is 0 Å². The van der Waals surface area contributed by atoms with Gasteiger partial charge in [-0.3, -0.25) is 4.79 Å². The fourth-order valence-electron chi connectivity index (χ4n) is 1.78. The first kappa shape index (κ1) is 15.6. The van der Waals surface area contributed by atoms with E-state index in [0.29, 0.717) is 5.69 Å². The number of halogens is 4. The second-order valence-corrected chi connectivity index (χ2v) is 5.47. The highest BCUT2D eigenvalue weighted by atomic mass is 127. The van der Waals surface area contributed by atoms with E-state index in [0.717, 1.165) is 15.7 Å². The molecule has 0 saturated carbocycles. The van der Waals surface area contributed by atoms with Crippen molar-refractivity contribution in [2.24, 2.45) is 0 Å². The van der Waals surface area contributed by atoms with Crippen molar-refractivity contribution in [3.8, 4) is 0 Å². The molecule has 1 amide bonds. The Kier molecular flexibility index (Phi) is 4.40. The minimum atomic E-state index is -4.59. The van der Waals surface area contributed by atoms with Crippen molar-refractivity contribution in [3.63, 3.8) is 0 Å². The third-order valence-electron chi connectivity index (χ3n) is 2.74. The zero-order valence-electron chi connectivity index (χ0n) is 10.5. The van der Waals surface area contributed by atoms with Crippen LogP contribution in [-0.4, -0.2) is 5.91 Å². The van der Waals surface area contributed by atoms with E-state index < -0.39 is 23.3 Å². The molecule has 0 saturated heterocycles. The monoisotopic (exact) mass is 406 g/mol. The lowest BCUT2D eigenvalue weighted by atomic mass is 10.1. The maximum atomic E-state index is 12.8. The maximum absolute atomic E-state index is 12.8. The van der Waals surface area contributed by atoms with Crippen LogP contribution in [-0.2, 0) is 6.18 Å². The lowest BCUT2D eigenvalue weighted by molar-refractivity contribution is -0.136. The summed E-state index contributed by atoms with van der Waals surface area (Å²) in [5, 5.41) is 2.53. The van der Waals surface area contributed by atoms with Crippen LogP contribution in [0.4, 0.5) is 24.5 Å². The number of nitrogen functional groups attached to an aromatic ring is 1. The summed E-state index contributed by atoms with van der Waals surface area (Å²) in [6, 6.07) is 10.2. The number of alkyl halides is 3. The highest BCUT2D eigenvalue weighted by molar-refractivity contribution is 14.1. The minimum absolute atomic E-state index is 0.205. The average molecular weight is 406 g/mol. The molecule has 3 N–H and O–H groups in total. The smallest absolute Gasteiger partial charge is 0.398 e. The second-order valence-electron chi connectivity index (χ2n) is 4.23.